The Labute approximate surface area is 115 Å². The first-order valence-corrected chi connectivity index (χ1v) is 6.46. The zero-order chi connectivity index (χ0) is 13.1. The van der Waals surface area contributed by atoms with Gasteiger partial charge in [-0.25, -0.2) is 0 Å². The molecule has 0 N–H and O–H groups in total. The van der Waals surface area contributed by atoms with Crippen molar-refractivity contribution in [2.45, 2.75) is 6.92 Å². The quantitative estimate of drug-likeness (QED) is 0.786. The lowest BCUT2D eigenvalue weighted by Crippen LogP contribution is -2.11. The van der Waals surface area contributed by atoms with Crippen LogP contribution in [0.5, 0.6) is 0 Å². The van der Waals surface area contributed by atoms with E-state index in [9.17, 15) is 4.79 Å². The Kier molecular flexibility index (Phi) is 3.82. The Morgan fingerprint density at radius 1 is 1.17 bits per heavy atom. The molecule has 0 aliphatic rings. The second kappa shape index (κ2) is 5.36. The Balaban J connectivity index is 2.48. The van der Waals surface area contributed by atoms with Crippen LogP contribution in [0.25, 0.3) is 0 Å². The lowest BCUT2D eigenvalue weighted by atomic mass is 10.1. The van der Waals surface area contributed by atoms with E-state index in [0.717, 1.165) is 22.1 Å². The van der Waals surface area contributed by atoms with Gasteiger partial charge < -0.3 is 4.90 Å². The van der Waals surface area contributed by atoms with Crippen LogP contribution in [0.3, 0.4) is 0 Å². The number of nitrogens with zero attached hydrogens (tertiary/aromatic N) is 1. The summed E-state index contributed by atoms with van der Waals surface area (Å²) in [5.41, 5.74) is 3.84. The zero-order valence-corrected chi connectivity index (χ0v) is 11.9. The molecule has 0 fully saturated rings. The molecule has 0 unspecified atom stereocenters. The van der Waals surface area contributed by atoms with Crippen molar-refractivity contribution in [2.24, 2.45) is 0 Å². The van der Waals surface area contributed by atoms with Crippen molar-refractivity contribution >= 4 is 33.6 Å². The highest BCUT2D eigenvalue weighted by Gasteiger charge is 2.09. The van der Waals surface area contributed by atoms with Crippen molar-refractivity contribution < 1.29 is 4.79 Å². The lowest BCUT2D eigenvalue weighted by Gasteiger charge is -2.21. The third-order valence-corrected chi connectivity index (χ3v) is 3.36. The molecule has 18 heavy (non-hydrogen) atoms. The summed E-state index contributed by atoms with van der Waals surface area (Å²) in [6, 6.07) is 13.8. The molecule has 2 aromatic rings. The van der Waals surface area contributed by atoms with Gasteiger partial charge in [-0.1, -0.05) is 28.1 Å². The van der Waals surface area contributed by atoms with E-state index in [-0.39, 0.29) is 0 Å². The first kappa shape index (κ1) is 12.8. The number of halogens is 1. The fourth-order valence-corrected chi connectivity index (χ4v) is 2.23. The monoisotopic (exact) mass is 303 g/mol. The van der Waals surface area contributed by atoms with Gasteiger partial charge in [0.25, 0.3) is 0 Å². The van der Waals surface area contributed by atoms with Crippen LogP contribution in [0.4, 0.5) is 11.4 Å². The molecule has 0 radical (unpaired) electrons. The molecular formula is C15H14BrNO. The van der Waals surface area contributed by atoms with Gasteiger partial charge in [-0.05, 0) is 42.8 Å². The number of anilines is 2. The number of aryl methyl sites for hydroxylation is 1. The van der Waals surface area contributed by atoms with E-state index in [0.29, 0.717) is 5.56 Å². The van der Waals surface area contributed by atoms with Crippen molar-refractivity contribution in [3.63, 3.8) is 0 Å². The largest absolute Gasteiger partial charge is 0.344 e. The van der Waals surface area contributed by atoms with Gasteiger partial charge in [-0.2, -0.15) is 0 Å². The van der Waals surface area contributed by atoms with Crippen molar-refractivity contribution in [3.05, 3.63) is 58.1 Å². The topological polar surface area (TPSA) is 20.3 Å². The zero-order valence-electron chi connectivity index (χ0n) is 10.4. The Hall–Kier alpha value is -1.61. The molecule has 2 aromatic carbocycles. The van der Waals surface area contributed by atoms with Gasteiger partial charge in [0, 0.05) is 22.8 Å². The van der Waals surface area contributed by atoms with Gasteiger partial charge in [0.1, 0.15) is 0 Å². The van der Waals surface area contributed by atoms with Crippen LogP contribution in [-0.4, -0.2) is 13.3 Å². The highest BCUT2D eigenvalue weighted by molar-refractivity contribution is 9.10. The van der Waals surface area contributed by atoms with Gasteiger partial charge in [0.15, 0.2) is 6.29 Å². The van der Waals surface area contributed by atoms with E-state index >= 15 is 0 Å². The van der Waals surface area contributed by atoms with Crippen LogP contribution in [0.2, 0.25) is 0 Å². The minimum absolute atomic E-state index is 0.683. The molecule has 0 bridgehead atoms. The molecule has 0 aromatic heterocycles. The van der Waals surface area contributed by atoms with E-state index in [2.05, 4.69) is 35.0 Å². The van der Waals surface area contributed by atoms with Crippen LogP contribution < -0.4 is 4.90 Å². The maximum atomic E-state index is 11.1. The summed E-state index contributed by atoms with van der Waals surface area (Å²) >= 11 is 3.44. The van der Waals surface area contributed by atoms with Gasteiger partial charge in [0.2, 0.25) is 0 Å². The fourth-order valence-electron chi connectivity index (χ4n) is 1.88. The van der Waals surface area contributed by atoms with Crippen molar-refractivity contribution in [2.75, 3.05) is 11.9 Å². The molecule has 0 heterocycles. The average Bonchev–Trinajstić information content (AvgIpc) is 2.38. The van der Waals surface area contributed by atoms with Crippen LogP contribution in [0.15, 0.2) is 46.9 Å². The molecular weight excluding hydrogens is 290 g/mol. The van der Waals surface area contributed by atoms with E-state index in [1.165, 1.54) is 5.56 Å². The minimum atomic E-state index is 0.683. The molecule has 0 saturated carbocycles. The van der Waals surface area contributed by atoms with E-state index in [1.54, 1.807) is 0 Å². The maximum absolute atomic E-state index is 11.1. The van der Waals surface area contributed by atoms with Gasteiger partial charge in [-0.3, -0.25) is 4.79 Å². The van der Waals surface area contributed by atoms with E-state index in [4.69, 9.17) is 0 Å². The van der Waals surface area contributed by atoms with Crippen molar-refractivity contribution in [1.82, 2.24) is 0 Å². The summed E-state index contributed by atoms with van der Waals surface area (Å²) in [5.74, 6) is 0. The number of hydrogen-bond acceptors (Lipinski definition) is 2. The summed E-state index contributed by atoms with van der Waals surface area (Å²) in [6.45, 7) is 2.05. The predicted molar refractivity (Wildman–Crippen MR) is 78.8 cm³/mol. The van der Waals surface area contributed by atoms with Crippen molar-refractivity contribution in [1.29, 1.82) is 0 Å². The number of carbonyl (C=O) groups excluding carboxylic acids is 1. The smallest absolute Gasteiger partial charge is 0.152 e. The second-order valence-corrected chi connectivity index (χ2v) is 5.13. The van der Waals surface area contributed by atoms with Crippen LogP contribution in [0, 0.1) is 6.92 Å². The molecule has 0 atom stereocenters. The summed E-state index contributed by atoms with van der Waals surface area (Å²) < 4.78 is 0.961. The molecule has 0 aliphatic carbocycles. The molecule has 3 heteroatoms. The summed E-state index contributed by atoms with van der Waals surface area (Å²) in [5, 5.41) is 0. The Bertz CT molecular complexity index is 580. The number of benzene rings is 2. The summed E-state index contributed by atoms with van der Waals surface area (Å²) in [7, 11) is 1.96. The SMILES string of the molecule is Cc1cccc(N(C)c2cc(Br)ccc2C=O)c1. The summed E-state index contributed by atoms with van der Waals surface area (Å²) in [6.07, 6.45) is 0.883. The minimum Gasteiger partial charge on any atom is -0.344 e. The third kappa shape index (κ3) is 2.62. The van der Waals surface area contributed by atoms with Crippen LogP contribution in [0.1, 0.15) is 15.9 Å². The highest BCUT2D eigenvalue weighted by atomic mass is 79.9. The van der Waals surface area contributed by atoms with E-state index in [1.807, 2.05) is 42.3 Å². The molecule has 0 aliphatic heterocycles. The number of carbonyl (C=O) groups is 1. The standard InChI is InChI=1S/C15H14BrNO/c1-11-4-3-5-14(8-11)17(2)15-9-13(16)7-6-12(15)10-18/h3-10H,1-2H3. The van der Waals surface area contributed by atoms with Crippen LogP contribution >= 0.6 is 15.9 Å². The van der Waals surface area contributed by atoms with Gasteiger partial charge in [-0.15, -0.1) is 0 Å². The summed E-state index contributed by atoms with van der Waals surface area (Å²) in [4.78, 5) is 13.1. The Morgan fingerprint density at radius 2 is 1.94 bits per heavy atom. The lowest BCUT2D eigenvalue weighted by molar-refractivity contribution is 0.112. The van der Waals surface area contributed by atoms with Crippen LogP contribution in [-0.2, 0) is 0 Å². The third-order valence-electron chi connectivity index (χ3n) is 2.87. The fraction of sp³-hybridized carbons (Fsp3) is 0.133. The molecule has 2 rings (SSSR count). The van der Waals surface area contributed by atoms with E-state index < -0.39 is 0 Å². The first-order chi connectivity index (χ1) is 8.61. The number of hydrogen-bond donors (Lipinski definition) is 0. The van der Waals surface area contributed by atoms with Gasteiger partial charge >= 0.3 is 0 Å². The Morgan fingerprint density at radius 3 is 2.61 bits per heavy atom. The average molecular weight is 304 g/mol. The number of aldehydes is 1. The molecule has 0 spiro atoms. The van der Waals surface area contributed by atoms with Gasteiger partial charge in [0.05, 0.1) is 5.69 Å². The predicted octanol–water partition coefficient (Wildman–Crippen LogP) is 4.34. The molecule has 0 amide bonds. The molecule has 92 valence electrons. The number of rotatable bonds is 3. The molecule has 0 saturated heterocycles. The normalized spacial score (nSPS) is 10.2. The highest BCUT2D eigenvalue weighted by Crippen LogP contribution is 2.29. The first-order valence-electron chi connectivity index (χ1n) is 5.67. The second-order valence-electron chi connectivity index (χ2n) is 4.22. The van der Waals surface area contributed by atoms with Crippen molar-refractivity contribution in [3.8, 4) is 0 Å². The maximum Gasteiger partial charge on any atom is 0.152 e. The molecule has 2 nitrogen and oxygen atoms in total.